The van der Waals surface area contributed by atoms with E-state index in [0.717, 1.165) is 13.0 Å². The van der Waals surface area contributed by atoms with Gasteiger partial charge < -0.3 is 14.5 Å². The van der Waals surface area contributed by atoms with Gasteiger partial charge in [-0.25, -0.2) is 0 Å². The maximum atomic E-state index is 12.4. The van der Waals surface area contributed by atoms with Crippen LogP contribution in [0.15, 0.2) is 0 Å². The van der Waals surface area contributed by atoms with Gasteiger partial charge in [0.05, 0.1) is 12.5 Å². The number of likely N-dealkylation sites (tertiary alicyclic amines) is 2. The molecule has 0 bridgehead atoms. The molecule has 0 aromatic rings. The van der Waals surface area contributed by atoms with Gasteiger partial charge in [0.15, 0.2) is 0 Å². The molecule has 0 spiro atoms. The molecule has 0 aliphatic carbocycles. The molecule has 2 heterocycles. The highest BCUT2D eigenvalue weighted by Crippen LogP contribution is 2.29. The third-order valence-electron chi connectivity index (χ3n) is 4.44. The third kappa shape index (κ3) is 2.69. The molecule has 0 radical (unpaired) electrons. The van der Waals surface area contributed by atoms with Gasteiger partial charge in [0.2, 0.25) is 5.91 Å². The number of ether oxygens (including phenoxy) is 1. The van der Waals surface area contributed by atoms with Crippen molar-refractivity contribution < 1.29 is 9.53 Å². The smallest absolute Gasteiger partial charge is 0.228 e. The summed E-state index contributed by atoms with van der Waals surface area (Å²) in [6.45, 7) is 4.61. The number of nitrogens with zero attached hydrogens (tertiary/aromatic N) is 2. The molecule has 4 heteroatoms. The second kappa shape index (κ2) is 6.02. The van der Waals surface area contributed by atoms with Gasteiger partial charge in [0.25, 0.3) is 0 Å². The van der Waals surface area contributed by atoms with Crippen LogP contribution in [0.4, 0.5) is 0 Å². The Hall–Kier alpha value is -0.610. The lowest BCUT2D eigenvalue weighted by molar-refractivity contribution is -0.138. The monoisotopic (exact) mass is 254 g/mol. The van der Waals surface area contributed by atoms with Crippen molar-refractivity contribution >= 4 is 5.91 Å². The van der Waals surface area contributed by atoms with Gasteiger partial charge in [0, 0.05) is 25.7 Å². The lowest BCUT2D eigenvalue weighted by Gasteiger charge is -2.34. The Morgan fingerprint density at radius 3 is 2.56 bits per heavy atom. The van der Waals surface area contributed by atoms with Crippen LogP contribution >= 0.6 is 0 Å². The molecule has 18 heavy (non-hydrogen) atoms. The first-order valence-electron chi connectivity index (χ1n) is 7.14. The van der Waals surface area contributed by atoms with E-state index in [2.05, 4.69) is 16.8 Å². The summed E-state index contributed by atoms with van der Waals surface area (Å²) in [5.41, 5.74) is 0. The molecule has 2 saturated heterocycles. The minimum absolute atomic E-state index is 0.0118. The van der Waals surface area contributed by atoms with Crippen LogP contribution in [0, 0.1) is 5.92 Å². The van der Waals surface area contributed by atoms with Gasteiger partial charge in [-0.3, -0.25) is 4.79 Å². The number of hydrogen-bond acceptors (Lipinski definition) is 3. The van der Waals surface area contributed by atoms with Crippen LogP contribution in [0.1, 0.15) is 32.6 Å². The maximum Gasteiger partial charge on any atom is 0.228 e. The Kier molecular flexibility index (Phi) is 4.62. The Morgan fingerprint density at radius 2 is 1.94 bits per heavy atom. The van der Waals surface area contributed by atoms with E-state index in [1.807, 2.05) is 6.92 Å². The van der Waals surface area contributed by atoms with E-state index < -0.39 is 0 Å². The standard InChI is InChI=1S/C14H26N2O2/c1-11(10-18-3)14(17)16-9-5-7-13(16)12-6-4-8-15(12)2/h11-13H,4-10H2,1-3H3/t11-,12+,13+/m0/s1. The first-order valence-corrected chi connectivity index (χ1v) is 7.14. The van der Waals surface area contributed by atoms with Crippen LogP contribution in [-0.4, -0.2) is 61.6 Å². The zero-order valence-corrected chi connectivity index (χ0v) is 11.9. The molecular weight excluding hydrogens is 228 g/mol. The summed E-state index contributed by atoms with van der Waals surface area (Å²) in [7, 11) is 3.85. The molecule has 2 fully saturated rings. The van der Waals surface area contributed by atoms with Crippen molar-refractivity contribution in [3.63, 3.8) is 0 Å². The van der Waals surface area contributed by atoms with E-state index in [1.165, 1.54) is 25.8 Å². The van der Waals surface area contributed by atoms with Crippen LogP contribution in [0.5, 0.6) is 0 Å². The van der Waals surface area contributed by atoms with Crippen molar-refractivity contribution in [1.29, 1.82) is 0 Å². The molecule has 4 nitrogen and oxygen atoms in total. The van der Waals surface area contributed by atoms with Crippen molar-refractivity contribution in [1.82, 2.24) is 9.80 Å². The highest BCUT2D eigenvalue weighted by molar-refractivity contribution is 5.79. The summed E-state index contributed by atoms with van der Waals surface area (Å²) in [6, 6.07) is 1.01. The summed E-state index contributed by atoms with van der Waals surface area (Å²) in [5, 5.41) is 0. The number of likely N-dealkylation sites (N-methyl/N-ethyl adjacent to an activating group) is 1. The predicted octanol–water partition coefficient (Wildman–Crippen LogP) is 1.35. The van der Waals surface area contributed by atoms with Crippen LogP contribution in [0.25, 0.3) is 0 Å². The predicted molar refractivity (Wildman–Crippen MR) is 71.4 cm³/mol. The van der Waals surface area contributed by atoms with Gasteiger partial charge in [-0.2, -0.15) is 0 Å². The fourth-order valence-electron chi connectivity index (χ4n) is 3.49. The van der Waals surface area contributed by atoms with Crippen molar-refractivity contribution in [2.45, 2.75) is 44.7 Å². The number of hydrogen-bond donors (Lipinski definition) is 0. The quantitative estimate of drug-likeness (QED) is 0.759. The molecule has 0 saturated carbocycles. The molecular formula is C14H26N2O2. The van der Waals surface area contributed by atoms with Crippen LogP contribution in [0.2, 0.25) is 0 Å². The van der Waals surface area contributed by atoms with Crippen LogP contribution < -0.4 is 0 Å². The van der Waals surface area contributed by atoms with Crippen LogP contribution in [0.3, 0.4) is 0 Å². The first-order chi connectivity index (χ1) is 8.65. The zero-order chi connectivity index (χ0) is 13.1. The second-order valence-corrected chi connectivity index (χ2v) is 5.79. The Balaban J connectivity index is 2.00. The Morgan fingerprint density at radius 1 is 1.28 bits per heavy atom. The molecule has 104 valence electrons. The summed E-state index contributed by atoms with van der Waals surface area (Å²) in [5.74, 6) is 0.266. The summed E-state index contributed by atoms with van der Waals surface area (Å²) in [6.07, 6.45) is 4.83. The first kappa shape index (κ1) is 13.8. The third-order valence-corrected chi connectivity index (χ3v) is 4.44. The highest BCUT2D eigenvalue weighted by atomic mass is 16.5. The van der Waals surface area contributed by atoms with Crippen molar-refractivity contribution in [3.05, 3.63) is 0 Å². The van der Waals surface area contributed by atoms with Gasteiger partial charge in [-0.1, -0.05) is 6.92 Å². The number of amides is 1. The average Bonchev–Trinajstić information content (AvgIpc) is 2.96. The molecule has 0 unspecified atom stereocenters. The topological polar surface area (TPSA) is 32.8 Å². The molecule has 0 aromatic heterocycles. The largest absolute Gasteiger partial charge is 0.384 e. The van der Waals surface area contributed by atoms with E-state index in [-0.39, 0.29) is 11.8 Å². The number of carbonyl (C=O) groups excluding carboxylic acids is 1. The van der Waals surface area contributed by atoms with Crippen LogP contribution in [-0.2, 0) is 9.53 Å². The highest BCUT2D eigenvalue weighted by Gasteiger charge is 2.39. The van der Waals surface area contributed by atoms with Gasteiger partial charge in [0.1, 0.15) is 0 Å². The lowest BCUT2D eigenvalue weighted by Crippen LogP contribution is -2.49. The summed E-state index contributed by atoms with van der Waals surface area (Å²) < 4.78 is 5.11. The number of methoxy groups -OCH3 is 1. The summed E-state index contributed by atoms with van der Waals surface area (Å²) >= 11 is 0. The lowest BCUT2D eigenvalue weighted by atomic mass is 10.0. The molecule has 2 rings (SSSR count). The second-order valence-electron chi connectivity index (χ2n) is 5.79. The number of carbonyl (C=O) groups is 1. The van der Waals surface area contributed by atoms with Crippen molar-refractivity contribution in [3.8, 4) is 0 Å². The fourth-order valence-corrected chi connectivity index (χ4v) is 3.49. The molecule has 2 aliphatic rings. The van der Waals surface area contributed by atoms with Gasteiger partial charge >= 0.3 is 0 Å². The minimum Gasteiger partial charge on any atom is -0.384 e. The van der Waals surface area contributed by atoms with Crippen molar-refractivity contribution in [2.75, 3.05) is 33.9 Å². The maximum absolute atomic E-state index is 12.4. The molecule has 0 N–H and O–H groups in total. The van der Waals surface area contributed by atoms with E-state index in [0.29, 0.717) is 18.7 Å². The van der Waals surface area contributed by atoms with Gasteiger partial charge in [-0.05, 0) is 39.3 Å². The summed E-state index contributed by atoms with van der Waals surface area (Å²) in [4.78, 5) is 17.0. The normalized spacial score (nSPS) is 30.9. The minimum atomic E-state index is -0.0118. The van der Waals surface area contributed by atoms with E-state index in [1.54, 1.807) is 7.11 Å². The van der Waals surface area contributed by atoms with E-state index >= 15 is 0 Å². The molecule has 3 atom stereocenters. The van der Waals surface area contributed by atoms with E-state index in [4.69, 9.17) is 4.74 Å². The fraction of sp³-hybridized carbons (Fsp3) is 0.929. The Bertz CT molecular complexity index is 296. The number of rotatable bonds is 4. The zero-order valence-electron chi connectivity index (χ0n) is 11.9. The van der Waals surface area contributed by atoms with E-state index in [9.17, 15) is 4.79 Å². The molecule has 0 aromatic carbocycles. The Labute approximate surface area is 110 Å². The van der Waals surface area contributed by atoms with Crippen molar-refractivity contribution in [2.24, 2.45) is 5.92 Å². The molecule has 1 amide bonds. The molecule has 2 aliphatic heterocycles. The van der Waals surface area contributed by atoms with Gasteiger partial charge in [-0.15, -0.1) is 0 Å². The average molecular weight is 254 g/mol. The SMILES string of the molecule is COC[C@H](C)C(=O)N1CCC[C@@H]1[C@H]1CCCN1C.